The third-order valence-electron chi connectivity index (χ3n) is 7.94. The second-order valence-corrected chi connectivity index (χ2v) is 12.5. The molecule has 0 aliphatic carbocycles. The summed E-state index contributed by atoms with van der Waals surface area (Å²) in [5, 5.41) is 13.2. The van der Waals surface area contributed by atoms with Crippen LogP contribution in [0.3, 0.4) is 0 Å². The van der Waals surface area contributed by atoms with Crippen molar-refractivity contribution < 1.29 is 76.2 Å². The average molecular weight is 818 g/mol. The molecule has 0 bridgehead atoms. The molecular weight excluding hydrogens is 770 g/mol. The number of carbonyl (C=O) groups is 7. The summed E-state index contributed by atoms with van der Waals surface area (Å²) in [5.74, 6) is -6.38. The first-order valence-electron chi connectivity index (χ1n) is 17.8. The maximum atomic E-state index is 13.6. The van der Waals surface area contributed by atoms with E-state index in [0.29, 0.717) is 5.69 Å². The van der Waals surface area contributed by atoms with Crippen molar-refractivity contribution in [3.63, 3.8) is 0 Å². The van der Waals surface area contributed by atoms with Crippen LogP contribution in [0.2, 0.25) is 0 Å². The Hall–Kier alpha value is -5.95. The molecule has 2 amide bonds. The summed E-state index contributed by atoms with van der Waals surface area (Å²) in [7, 11) is 1.03. The number of hydrogen-bond donors (Lipinski definition) is 2. The van der Waals surface area contributed by atoms with Crippen LogP contribution in [0.25, 0.3) is 11.3 Å². The van der Waals surface area contributed by atoms with E-state index in [2.05, 4.69) is 26.9 Å². The molecule has 0 radical (unpaired) electrons. The van der Waals surface area contributed by atoms with E-state index in [1.165, 1.54) is 4.68 Å². The fraction of sp³-hybridized carbons (Fsp3) is 0.541. The molecule has 6 atom stereocenters. The summed E-state index contributed by atoms with van der Waals surface area (Å²) in [5.41, 5.74) is 1.25. The number of esters is 5. The quantitative estimate of drug-likeness (QED) is 0.0641. The van der Waals surface area contributed by atoms with Crippen LogP contribution in [-0.2, 0) is 82.7 Å². The van der Waals surface area contributed by atoms with E-state index in [9.17, 15) is 33.6 Å². The molecule has 1 aliphatic rings. The molecule has 21 heteroatoms. The number of amides is 2. The predicted molar refractivity (Wildman–Crippen MR) is 194 cm³/mol. The van der Waals surface area contributed by atoms with Gasteiger partial charge in [0.15, 0.2) is 18.8 Å². The fourth-order valence-corrected chi connectivity index (χ4v) is 5.69. The Morgan fingerprint density at radius 2 is 1.62 bits per heavy atom. The molecule has 1 saturated heterocycles. The van der Waals surface area contributed by atoms with Gasteiger partial charge in [-0.1, -0.05) is 41.5 Å². The van der Waals surface area contributed by atoms with Gasteiger partial charge >= 0.3 is 29.8 Å². The van der Waals surface area contributed by atoms with E-state index in [0.717, 1.165) is 40.4 Å². The Bertz CT molecular complexity index is 1760. The van der Waals surface area contributed by atoms with Crippen LogP contribution in [0.1, 0.15) is 34.1 Å². The molecule has 2 heterocycles. The Balaban J connectivity index is 2.01. The van der Waals surface area contributed by atoms with Gasteiger partial charge in [-0.25, -0.2) is 9.48 Å². The number of terminal acetylenes is 1. The third kappa shape index (κ3) is 14.8. The van der Waals surface area contributed by atoms with Crippen LogP contribution in [0, 0.1) is 12.3 Å². The van der Waals surface area contributed by atoms with Crippen molar-refractivity contribution in [1.82, 2.24) is 25.6 Å². The summed E-state index contributed by atoms with van der Waals surface area (Å²) in [6.07, 6.45) is -0.578. The zero-order valence-corrected chi connectivity index (χ0v) is 32.7. The molecule has 1 aromatic carbocycles. The number of benzene rings is 1. The van der Waals surface area contributed by atoms with Crippen LogP contribution in [0.4, 0.5) is 0 Å². The standard InChI is InChI=1S/C37H47N5O16/c1-7-13-51-14-15-52-16-17-54-37(36(49)50-6)18-29(55-24(3)44)33(39-32(48)22-53-23(2)43)35(58-37)34(57-26(5)46)30(56-25(4)45)19-38-31(47)21-42-20-28(40-41-42)27-11-9-8-10-12-27/h1,8-12,20,29-30,33-35H,13-19,21-22H2,2-6H3,(H,38,47)(H,39,48)/t29-,30+,33+,34+,35+,37+/m0/s1. The molecule has 21 nitrogen and oxygen atoms in total. The summed E-state index contributed by atoms with van der Waals surface area (Å²) in [4.78, 5) is 89.2. The minimum Gasteiger partial charge on any atom is -0.465 e. The second-order valence-electron chi connectivity index (χ2n) is 12.5. The number of rotatable bonds is 22. The Labute approximate surface area is 333 Å². The van der Waals surface area contributed by atoms with Gasteiger partial charge in [0.25, 0.3) is 11.7 Å². The van der Waals surface area contributed by atoms with Gasteiger partial charge in [-0.3, -0.25) is 28.8 Å². The molecule has 1 aliphatic heterocycles. The molecular formula is C37H47N5O16. The molecule has 0 unspecified atom stereocenters. The van der Waals surface area contributed by atoms with Gasteiger partial charge in [0.1, 0.15) is 31.1 Å². The van der Waals surface area contributed by atoms with Crippen LogP contribution < -0.4 is 10.6 Å². The average Bonchev–Trinajstić information content (AvgIpc) is 3.64. The van der Waals surface area contributed by atoms with Gasteiger partial charge in [0, 0.05) is 33.3 Å². The van der Waals surface area contributed by atoms with Crippen molar-refractivity contribution in [3.8, 4) is 23.6 Å². The zero-order valence-electron chi connectivity index (χ0n) is 32.7. The number of methoxy groups -OCH3 is 1. The van der Waals surface area contributed by atoms with Crippen LogP contribution in [0.5, 0.6) is 0 Å². The van der Waals surface area contributed by atoms with Gasteiger partial charge in [0.05, 0.1) is 58.7 Å². The van der Waals surface area contributed by atoms with E-state index < -0.39 is 97.5 Å². The van der Waals surface area contributed by atoms with Gasteiger partial charge in [-0.2, -0.15) is 0 Å². The van der Waals surface area contributed by atoms with Crippen molar-refractivity contribution in [1.29, 1.82) is 0 Å². The predicted octanol–water partition coefficient (Wildman–Crippen LogP) is -0.754. The van der Waals surface area contributed by atoms with Crippen LogP contribution in [0.15, 0.2) is 36.5 Å². The monoisotopic (exact) mass is 817 g/mol. The van der Waals surface area contributed by atoms with Gasteiger partial charge in [-0.15, -0.1) is 11.5 Å². The normalized spacial score (nSPS) is 19.6. The highest BCUT2D eigenvalue weighted by Crippen LogP contribution is 2.37. The number of hydrogen-bond acceptors (Lipinski definition) is 18. The van der Waals surface area contributed by atoms with Crippen molar-refractivity contribution >= 4 is 41.7 Å². The minimum absolute atomic E-state index is 0.0651. The van der Waals surface area contributed by atoms with Crippen molar-refractivity contribution in [2.24, 2.45) is 0 Å². The molecule has 2 N–H and O–H groups in total. The number of ether oxygens (including phenoxy) is 9. The van der Waals surface area contributed by atoms with E-state index in [1.54, 1.807) is 6.20 Å². The van der Waals surface area contributed by atoms with Crippen molar-refractivity contribution in [2.45, 2.75) is 76.9 Å². The Morgan fingerprint density at radius 1 is 0.931 bits per heavy atom. The van der Waals surface area contributed by atoms with Gasteiger partial charge in [0.2, 0.25) is 5.91 Å². The summed E-state index contributed by atoms with van der Waals surface area (Å²) in [6.45, 7) is 2.36. The highest BCUT2D eigenvalue weighted by molar-refractivity contribution is 5.81. The third-order valence-corrected chi connectivity index (χ3v) is 7.94. The number of aromatic nitrogens is 3. The molecule has 2 aromatic rings. The largest absolute Gasteiger partial charge is 0.465 e. The lowest BCUT2D eigenvalue weighted by Crippen LogP contribution is -2.70. The van der Waals surface area contributed by atoms with Crippen molar-refractivity contribution in [2.75, 3.05) is 53.3 Å². The fourth-order valence-electron chi connectivity index (χ4n) is 5.69. The Morgan fingerprint density at radius 3 is 2.26 bits per heavy atom. The van der Waals surface area contributed by atoms with Crippen LogP contribution >= 0.6 is 0 Å². The Kier molecular flexibility index (Phi) is 18.7. The lowest BCUT2D eigenvalue weighted by atomic mass is 9.87. The second kappa shape index (κ2) is 23.3. The smallest absolute Gasteiger partial charge is 0.366 e. The first-order chi connectivity index (χ1) is 27.7. The minimum atomic E-state index is -2.44. The van der Waals surface area contributed by atoms with E-state index in [1.807, 2.05) is 30.3 Å². The summed E-state index contributed by atoms with van der Waals surface area (Å²) in [6, 6.07) is 7.55. The van der Waals surface area contributed by atoms with Crippen molar-refractivity contribution in [3.05, 3.63) is 36.5 Å². The van der Waals surface area contributed by atoms with E-state index in [4.69, 9.17) is 49.1 Å². The van der Waals surface area contributed by atoms with E-state index in [-0.39, 0.29) is 39.6 Å². The molecule has 316 valence electrons. The number of carbonyl (C=O) groups excluding carboxylic acids is 7. The topological polar surface area (TPSA) is 257 Å². The zero-order chi connectivity index (χ0) is 42.7. The molecule has 58 heavy (non-hydrogen) atoms. The van der Waals surface area contributed by atoms with Gasteiger partial charge < -0.3 is 53.3 Å². The molecule has 3 rings (SSSR count). The maximum Gasteiger partial charge on any atom is 0.366 e. The van der Waals surface area contributed by atoms with Gasteiger partial charge in [-0.05, 0) is 0 Å². The summed E-state index contributed by atoms with van der Waals surface area (Å²) < 4.78 is 50.8. The lowest BCUT2D eigenvalue weighted by molar-refractivity contribution is -0.315. The highest BCUT2D eigenvalue weighted by atomic mass is 16.7. The molecule has 0 spiro atoms. The van der Waals surface area contributed by atoms with E-state index >= 15 is 0 Å². The summed E-state index contributed by atoms with van der Waals surface area (Å²) >= 11 is 0. The maximum absolute atomic E-state index is 13.6. The number of nitrogens with one attached hydrogen (secondary N) is 2. The van der Waals surface area contributed by atoms with Crippen LogP contribution in [-0.4, -0.2) is 146 Å². The first kappa shape index (κ1) is 46.4. The molecule has 1 fully saturated rings. The lowest BCUT2D eigenvalue weighted by Gasteiger charge is -2.48. The molecule has 0 saturated carbocycles. The first-order valence-corrected chi connectivity index (χ1v) is 17.8. The molecule has 1 aromatic heterocycles. The highest BCUT2D eigenvalue weighted by Gasteiger charge is 2.59. The number of nitrogens with zero attached hydrogens (tertiary/aromatic N) is 3. The SMILES string of the molecule is C#CCOCCOCCO[C@]1(C(=O)OC)C[C@H](OC(C)=O)[C@@H](NC(=O)COC(C)=O)[C@H]([C@H](OC(C)=O)[C@@H](CNC(=O)Cn2cc(-c3ccccc3)nn2)OC(C)=O)O1.